The van der Waals surface area contributed by atoms with Crippen LogP contribution in [0.1, 0.15) is 19.3 Å². The van der Waals surface area contributed by atoms with Gasteiger partial charge in [0.05, 0.1) is 5.02 Å². The summed E-state index contributed by atoms with van der Waals surface area (Å²) < 4.78 is 11.6. The fraction of sp³-hybridized carbons (Fsp3) is 0.160. The lowest BCUT2D eigenvalue weighted by Crippen LogP contribution is -2.21. The van der Waals surface area contributed by atoms with Crippen molar-refractivity contribution in [2.45, 2.75) is 19.3 Å². The van der Waals surface area contributed by atoms with E-state index < -0.39 is 11.9 Å². The summed E-state index contributed by atoms with van der Waals surface area (Å²) in [5, 5.41) is 5.89. The van der Waals surface area contributed by atoms with E-state index in [0.717, 1.165) is 4.47 Å². The van der Waals surface area contributed by atoms with Gasteiger partial charge in [0.1, 0.15) is 11.5 Å². The molecule has 34 heavy (non-hydrogen) atoms. The molecule has 0 saturated heterocycles. The van der Waals surface area contributed by atoms with E-state index in [1.807, 2.05) is 12.1 Å². The predicted octanol–water partition coefficient (Wildman–Crippen LogP) is 6.19. The zero-order valence-corrected chi connectivity index (χ0v) is 20.4. The maximum absolute atomic E-state index is 12.1. The molecule has 0 aromatic heterocycles. The van der Waals surface area contributed by atoms with Gasteiger partial charge in [0, 0.05) is 28.7 Å². The Labute approximate surface area is 210 Å². The number of para-hydroxylation sites is 1. The molecule has 0 radical (unpaired) electrons. The maximum Gasteiger partial charge on any atom is 0.306 e. The average Bonchev–Trinajstić information content (AvgIpc) is 2.82. The molecule has 2 amide bonds. The summed E-state index contributed by atoms with van der Waals surface area (Å²) in [7, 11) is 0. The smallest absolute Gasteiger partial charge is 0.306 e. The maximum atomic E-state index is 12.1. The van der Waals surface area contributed by atoms with E-state index in [0.29, 0.717) is 34.3 Å². The molecule has 7 nitrogen and oxygen atoms in total. The van der Waals surface area contributed by atoms with Gasteiger partial charge >= 0.3 is 5.97 Å². The molecular weight excluding hydrogens is 524 g/mol. The third-order valence-corrected chi connectivity index (χ3v) is 5.32. The molecule has 0 aliphatic heterocycles. The van der Waals surface area contributed by atoms with E-state index in [1.165, 1.54) is 0 Å². The molecule has 0 aliphatic carbocycles. The van der Waals surface area contributed by atoms with Crippen LogP contribution in [0.15, 0.2) is 77.3 Å². The van der Waals surface area contributed by atoms with Gasteiger partial charge in [0.2, 0.25) is 5.91 Å². The minimum atomic E-state index is -0.542. The summed E-state index contributed by atoms with van der Waals surface area (Å²) in [5.74, 6) is -0.0904. The Kier molecular flexibility index (Phi) is 9.49. The van der Waals surface area contributed by atoms with Gasteiger partial charge in [-0.3, -0.25) is 14.4 Å². The van der Waals surface area contributed by atoms with Crippen molar-refractivity contribution in [1.29, 1.82) is 0 Å². The number of benzene rings is 3. The summed E-state index contributed by atoms with van der Waals surface area (Å²) in [6, 6.07) is 21.0. The van der Waals surface area contributed by atoms with E-state index in [2.05, 4.69) is 26.6 Å². The van der Waals surface area contributed by atoms with Crippen molar-refractivity contribution in [2.75, 3.05) is 17.2 Å². The number of hydrogen-bond acceptors (Lipinski definition) is 5. The van der Waals surface area contributed by atoms with Crippen LogP contribution in [0, 0.1) is 0 Å². The van der Waals surface area contributed by atoms with Gasteiger partial charge in [0.15, 0.2) is 6.61 Å². The molecule has 3 rings (SSSR count). The molecule has 0 spiro atoms. The Balaban J connectivity index is 1.33. The highest BCUT2D eigenvalue weighted by atomic mass is 79.9. The Morgan fingerprint density at radius 2 is 1.41 bits per heavy atom. The third-order valence-electron chi connectivity index (χ3n) is 4.48. The van der Waals surface area contributed by atoms with Crippen LogP contribution >= 0.6 is 27.5 Å². The monoisotopic (exact) mass is 544 g/mol. The topological polar surface area (TPSA) is 93.7 Å². The number of carbonyl (C=O) groups is 3. The first-order valence-electron chi connectivity index (χ1n) is 10.4. The Morgan fingerprint density at radius 1 is 0.794 bits per heavy atom. The molecule has 2 N–H and O–H groups in total. The summed E-state index contributed by atoms with van der Waals surface area (Å²) in [6.45, 7) is -0.385. The molecule has 3 aromatic carbocycles. The van der Waals surface area contributed by atoms with E-state index in [9.17, 15) is 14.4 Å². The van der Waals surface area contributed by atoms with Gasteiger partial charge < -0.3 is 20.1 Å². The first kappa shape index (κ1) is 25.3. The van der Waals surface area contributed by atoms with Gasteiger partial charge in [-0.2, -0.15) is 0 Å². The number of hydrogen-bond donors (Lipinski definition) is 2. The summed E-state index contributed by atoms with van der Waals surface area (Å²) in [6.07, 6.45) is 0.467. The number of esters is 1. The highest BCUT2D eigenvalue weighted by Gasteiger charge is 2.10. The largest absolute Gasteiger partial charge is 0.456 e. The van der Waals surface area contributed by atoms with Crippen LogP contribution in [0.25, 0.3) is 0 Å². The second-order valence-electron chi connectivity index (χ2n) is 7.17. The van der Waals surface area contributed by atoms with Gasteiger partial charge in [-0.15, -0.1) is 0 Å². The second-order valence-corrected chi connectivity index (χ2v) is 8.50. The van der Waals surface area contributed by atoms with Crippen LogP contribution in [0.4, 0.5) is 11.4 Å². The van der Waals surface area contributed by atoms with Crippen LogP contribution < -0.4 is 15.4 Å². The molecule has 176 valence electrons. The van der Waals surface area contributed by atoms with Crippen molar-refractivity contribution in [3.8, 4) is 11.5 Å². The number of ether oxygens (including phenoxy) is 2. The molecule has 9 heteroatoms. The van der Waals surface area contributed by atoms with E-state index in [1.54, 1.807) is 60.7 Å². The Morgan fingerprint density at radius 3 is 2.09 bits per heavy atom. The SMILES string of the molecule is O=C(CCCC(=O)OCC(=O)Nc1ccc(Br)cc1)Nc1ccc(Oc2ccccc2Cl)cc1. The molecule has 0 heterocycles. The van der Waals surface area contributed by atoms with Gasteiger partial charge in [-0.1, -0.05) is 39.7 Å². The van der Waals surface area contributed by atoms with Crippen molar-refractivity contribution in [3.63, 3.8) is 0 Å². The molecule has 0 bridgehead atoms. The van der Waals surface area contributed by atoms with Crippen LogP contribution in [0.5, 0.6) is 11.5 Å². The average molecular weight is 546 g/mol. The predicted molar refractivity (Wildman–Crippen MR) is 134 cm³/mol. The summed E-state index contributed by atoms with van der Waals surface area (Å²) in [4.78, 5) is 35.8. The standard InChI is InChI=1S/C25H22BrClN2O5/c26-17-8-10-18(11-9-17)29-24(31)16-33-25(32)7-3-6-23(30)28-19-12-14-20(15-13-19)34-22-5-2-1-4-21(22)27/h1-2,4-5,8-15H,3,6-7,16H2,(H,28,30)(H,29,31). The Bertz CT molecular complexity index is 1140. The quantitative estimate of drug-likeness (QED) is 0.297. The van der Waals surface area contributed by atoms with Crippen LogP contribution in [-0.2, 0) is 19.1 Å². The highest BCUT2D eigenvalue weighted by molar-refractivity contribution is 9.10. The zero-order valence-electron chi connectivity index (χ0n) is 18.1. The summed E-state index contributed by atoms with van der Waals surface area (Å²) in [5.41, 5.74) is 1.20. The van der Waals surface area contributed by atoms with Crippen molar-refractivity contribution in [1.82, 2.24) is 0 Å². The number of rotatable bonds is 10. The molecule has 3 aromatic rings. The fourth-order valence-corrected chi connectivity index (χ4v) is 3.26. The van der Waals surface area contributed by atoms with Crippen molar-refractivity contribution < 1.29 is 23.9 Å². The first-order chi connectivity index (χ1) is 16.4. The van der Waals surface area contributed by atoms with Crippen molar-refractivity contribution in [3.05, 3.63) is 82.3 Å². The lowest BCUT2D eigenvalue weighted by Gasteiger charge is -2.09. The third kappa shape index (κ3) is 8.53. The van der Waals surface area contributed by atoms with E-state index in [-0.39, 0.29) is 25.4 Å². The number of halogens is 2. The van der Waals surface area contributed by atoms with Crippen molar-refractivity contribution in [2.24, 2.45) is 0 Å². The van der Waals surface area contributed by atoms with E-state index >= 15 is 0 Å². The highest BCUT2D eigenvalue weighted by Crippen LogP contribution is 2.29. The molecule has 0 aliphatic rings. The van der Waals surface area contributed by atoms with Crippen molar-refractivity contribution >= 4 is 56.7 Å². The minimum absolute atomic E-state index is 0.0313. The number of carbonyl (C=O) groups excluding carboxylic acids is 3. The number of anilines is 2. The van der Waals surface area contributed by atoms with Crippen LogP contribution in [0.2, 0.25) is 5.02 Å². The van der Waals surface area contributed by atoms with Gasteiger partial charge in [0.25, 0.3) is 5.91 Å². The molecule has 0 saturated carbocycles. The lowest BCUT2D eigenvalue weighted by atomic mass is 10.2. The number of nitrogens with one attached hydrogen (secondary N) is 2. The second kappa shape index (κ2) is 12.8. The van der Waals surface area contributed by atoms with Crippen LogP contribution in [-0.4, -0.2) is 24.4 Å². The van der Waals surface area contributed by atoms with E-state index in [4.69, 9.17) is 21.1 Å². The molecular formula is C25H22BrClN2O5. The minimum Gasteiger partial charge on any atom is -0.456 e. The van der Waals surface area contributed by atoms with Gasteiger partial charge in [-0.05, 0) is 67.1 Å². The lowest BCUT2D eigenvalue weighted by molar-refractivity contribution is -0.147. The first-order valence-corrected chi connectivity index (χ1v) is 11.6. The molecule has 0 fully saturated rings. The Hall–Kier alpha value is -3.36. The fourth-order valence-electron chi connectivity index (χ4n) is 2.83. The zero-order chi connectivity index (χ0) is 24.3. The van der Waals surface area contributed by atoms with Crippen LogP contribution in [0.3, 0.4) is 0 Å². The molecule has 0 atom stereocenters. The number of amides is 2. The normalized spacial score (nSPS) is 10.3. The summed E-state index contributed by atoms with van der Waals surface area (Å²) >= 11 is 9.39. The van der Waals surface area contributed by atoms with Gasteiger partial charge in [-0.25, -0.2) is 0 Å². The molecule has 0 unspecified atom stereocenters.